The van der Waals surface area contributed by atoms with Crippen molar-refractivity contribution in [2.24, 2.45) is 0 Å². The van der Waals surface area contributed by atoms with Crippen LogP contribution in [0.3, 0.4) is 0 Å². The molecule has 1 aromatic rings. The quantitative estimate of drug-likeness (QED) is 0.670. The number of anilines is 1. The van der Waals surface area contributed by atoms with Crippen LogP contribution < -0.4 is 10.2 Å². The van der Waals surface area contributed by atoms with Gasteiger partial charge in [0.15, 0.2) is 5.82 Å². The van der Waals surface area contributed by atoms with Crippen LogP contribution in [0.5, 0.6) is 0 Å². The molecule has 1 aromatic heterocycles. The minimum atomic E-state index is 0.538. The van der Waals surface area contributed by atoms with Gasteiger partial charge >= 0.3 is 0 Å². The Bertz CT molecular complexity index is 262. The van der Waals surface area contributed by atoms with Crippen LogP contribution in [0.1, 0.15) is 6.92 Å². The third kappa shape index (κ3) is 1.95. The van der Waals surface area contributed by atoms with E-state index in [0.717, 1.165) is 25.5 Å². The van der Waals surface area contributed by atoms with Crippen molar-refractivity contribution in [1.29, 1.82) is 0 Å². The zero-order valence-electron chi connectivity index (χ0n) is 7.77. The standard InChI is InChI=1S/C9H14N4/c1-8-7-13(6-5-10-8)9-3-2-4-11-12-9/h2-4,8,10H,5-7H2,1H3/t8-/m0/s1. The lowest BCUT2D eigenvalue weighted by atomic mass is 10.2. The maximum Gasteiger partial charge on any atom is 0.151 e. The van der Waals surface area contributed by atoms with Gasteiger partial charge in [0.2, 0.25) is 0 Å². The van der Waals surface area contributed by atoms with Crippen LogP contribution in [0.2, 0.25) is 0 Å². The first-order valence-corrected chi connectivity index (χ1v) is 4.62. The van der Waals surface area contributed by atoms with Crippen LogP contribution in [0.4, 0.5) is 5.82 Å². The second-order valence-electron chi connectivity index (χ2n) is 3.38. The molecule has 1 atom stereocenters. The van der Waals surface area contributed by atoms with E-state index in [0.29, 0.717) is 6.04 Å². The summed E-state index contributed by atoms with van der Waals surface area (Å²) < 4.78 is 0. The Hall–Kier alpha value is -1.16. The molecule has 70 valence electrons. The minimum Gasteiger partial charge on any atom is -0.352 e. The number of aromatic nitrogens is 2. The fraction of sp³-hybridized carbons (Fsp3) is 0.556. The number of hydrogen-bond acceptors (Lipinski definition) is 4. The van der Waals surface area contributed by atoms with Gasteiger partial charge < -0.3 is 10.2 Å². The normalized spacial score (nSPS) is 23.2. The molecule has 0 bridgehead atoms. The summed E-state index contributed by atoms with van der Waals surface area (Å²) in [6.07, 6.45) is 1.70. The first kappa shape index (κ1) is 8.44. The first-order valence-electron chi connectivity index (χ1n) is 4.62. The smallest absolute Gasteiger partial charge is 0.151 e. The predicted molar refractivity (Wildman–Crippen MR) is 51.7 cm³/mol. The van der Waals surface area contributed by atoms with Gasteiger partial charge in [0.1, 0.15) is 0 Å². The zero-order valence-corrected chi connectivity index (χ0v) is 7.77. The van der Waals surface area contributed by atoms with Gasteiger partial charge in [-0.05, 0) is 19.1 Å². The summed E-state index contributed by atoms with van der Waals surface area (Å²) in [5, 5.41) is 11.3. The lowest BCUT2D eigenvalue weighted by molar-refractivity contribution is 0.481. The number of piperazine rings is 1. The number of hydrogen-bond donors (Lipinski definition) is 1. The van der Waals surface area contributed by atoms with Crippen LogP contribution in [0.25, 0.3) is 0 Å². The zero-order chi connectivity index (χ0) is 9.10. The van der Waals surface area contributed by atoms with E-state index in [9.17, 15) is 0 Å². The summed E-state index contributed by atoms with van der Waals surface area (Å²) in [6.45, 7) is 5.24. The Morgan fingerprint density at radius 3 is 3.23 bits per heavy atom. The van der Waals surface area contributed by atoms with Crippen molar-refractivity contribution in [3.63, 3.8) is 0 Å². The molecule has 2 heterocycles. The largest absolute Gasteiger partial charge is 0.352 e. The van der Waals surface area contributed by atoms with E-state index < -0.39 is 0 Å². The molecular formula is C9H14N4. The Labute approximate surface area is 78.0 Å². The van der Waals surface area contributed by atoms with E-state index >= 15 is 0 Å². The highest BCUT2D eigenvalue weighted by Gasteiger charge is 2.16. The molecular weight excluding hydrogens is 164 g/mol. The van der Waals surface area contributed by atoms with E-state index in [1.54, 1.807) is 6.20 Å². The minimum absolute atomic E-state index is 0.538. The Morgan fingerprint density at radius 2 is 2.54 bits per heavy atom. The molecule has 1 N–H and O–H groups in total. The molecule has 0 amide bonds. The second kappa shape index (κ2) is 3.70. The third-order valence-electron chi connectivity index (χ3n) is 2.25. The average molecular weight is 178 g/mol. The molecule has 0 spiro atoms. The SMILES string of the molecule is C[C@H]1CN(c2cccnn2)CCN1. The fourth-order valence-corrected chi connectivity index (χ4v) is 1.60. The highest BCUT2D eigenvalue weighted by atomic mass is 15.3. The van der Waals surface area contributed by atoms with Crippen LogP contribution in [0.15, 0.2) is 18.3 Å². The highest BCUT2D eigenvalue weighted by molar-refractivity contribution is 5.37. The van der Waals surface area contributed by atoms with Crippen molar-refractivity contribution >= 4 is 5.82 Å². The van der Waals surface area contributed by atoms with Crippen molar-refractivity contribution in [3.05, 3.63) is 18.3 Å². The van der Waals surface area contributed by atoms with E-state index in [-0.39, 0.29) is 0 Å². The molecule has 1 fully saturated rings. The molecule has 4 heteroatoms. The lowest BCUT2D eigenvalue weighted by Crippen LogP contribution is -2.49. The summed E-state index contributed by atoms with van der Waals surface area (Å²) in [4.78, 5) is 2.26. The summed E-state index contributed by atoms with van der Waals surface area (Å²) in [5.74, 6) is 0.982. The molecule has 1 aliphatic rings. The van der Waals surface area contributed by atoms with E-state index in [1.165, 1.54) is 0 Å². The predicted octanol–water partition coefficient (Wildman–Crippen LogP) is 0.275. The maximum atomic E-state index is 4.08. The van der Waals surface area contributed by atoms with Gasteiger partial charge in [-0.3, -0.25) is 0 Å². The Balaban J connectivity index is 2.08. The van der Waals surface area contributed by atoms with E-state index in [1.807, 2.05) is 12.1 Å². The summed E-state index contributed by atoms with van der Waals surface area (Å²) in [5.41, 5.74) is 0. The third-order valence-corrected chi connectivity index (χ3v) is 2.25. The van der Waals surface area contributed by atoms with E-state index in [2.05, 4.69) is 27.3 Å². The average Bonchev–Trinajstić information content (AvgIpc) is 2.19. The first-order chi connectivity index (χ1) is 6.36. The van der Waals surface area contributed by atoms with Crippen molar-refractivity contribution in [3.8, 4) is 0 Å². The van der Waals surface area contributed by atoms with Gasteiger partial charge in [0.05, 0.1) is 0 Å². The van der Waals surface area contributed by atoms with Gasteiger partial charge in [-0.15, -0.1) is 5.10 Å². The summed E-state index contributed by atoms with van der Waals surface area (Å²) >= 11 is 0. The molecule has 1 aliphatic heterocycles. The fourth-order valence-electron chi connectivity index (χ4n) is 1.60. The summed E-state index contributed by atoms with van der Waals surface area (Å²) in [6, 6.07) is 4.47. The number of nitrogens with one attached hydrogen (secondary N) is 1. The van der Waals surface area contributed by atoms with Gasteiger partial charge in [0, 0.05) is 31.9 Å². The van der Waals surface area contributed by atoms with E-state index in [4.69, 9.17) is 0 Å². The number of rotatable bonds is 1. The molecule has 0 radical (unpaired) electrons. The van der Waals surface area contributed by atoms with Crippen molar-refractivity contribution in [2.75, 3.05) is 24.5 Å². The molecule has 0 aliphatic carbocycles. The van der Waals surface area contributed by atoms with Gasteiger partial charge in [-0.2, -0.15) is 5.10 Å². The lowest BCUT2D eigenvalue weighted by Gasteiger charge is -2.32. The summed E-state index contributed by atoms with van der Waals surface area (Å²) in [7, 11) is 0. The highest BCUT2D eigenvalue weighted by Crippen LogP contribution is 2.10. The molecule has 2 rings (SSSR count). The topological polar surface area (TPSA) is 41.1 Å². The van der Waals surface area contributed by atoms with Gasteiger partial charge in [-0.1, -0.05) is 0 Å². The molecule has 1 saturated heterocycles. The Morgan fingerprint density at radius 1 is 1.62 bits per heavy atom. The van der Waals surface area contributed by atoms with Crippen LogP contribution in [-0.2, 0) is 0 Å². The van der Waals surface area contributed by atoms with Crippen molar-refractivity contribution < 1.29 is 0 Å². The second-order valence-corrected chi connectivity index (χ2v) is 3.38. The molecule has 0 aromatic carbocycles. The van der Waals surface area contributed by atoms with Crippen molar-refractivity contribution in [1.82, 2.24) is 15.5 Å². The van der Waals surface area contributed by atoms with Crippen LogP contribution in [-0.4, -0.2) is 35.9 Å². The number of nitrogens with zero attached hydrogens (tertiary/aromatic N) is 3. The van der Waals surface area contributed by atoms with Gasteiger partial charge in [-0.25, -0.2) is 0 Å². The van der Waals surface area contributed by atoms with Crippen LogP contribution >= 0.6 is 0 Å². The van der Waals surface area contributed by atoms with Crippen molar-refractivity contribution in [2.45, 2.75) is 13.0 Å². The molecule has 13 heavy (non-hydrogen) atoms. The maximum absolute atomic E-state index is 4.08. The Kier molecular flexibility index (Phi) is 2.40. The molecule has 4 nitrogen and oxygen atoms in total. The molecule has 0 unspecified atom stereocenters. The molecule has 0 saturated carbocycles. The van der Waals surface area contributed by atoms with Gasteiger partial charge in [0.25, 0.3) is 0 Å². The van der Waals surface area contributed by atoms with Crippen LogP contribution in [0, 0.1) is 0 Å². The monoisotopic (exact) mass is 178 g/mol.